The van der Waals surface area contributed by atoms with Gasteiger partial charge in [0.05, 0.1) is 11.1 Å². The van der Waals surface area contributed by atoms with Gasteiger partial charge in [-0.05, 0) is 35.2 Å². The lowest BCUT2D eigenvalue weighted by Crippen LogP contribution is -2.13. The van der Waals surface area contributed by atoms with Crippen molar-refractivity contribution in [1.29, 1.82) is 0 Å². The zero-order valence-electron chi connectivity index (χ0n) is 12.4. The average molecular weight is 282 g/mol. The molecule has 0 N–H and O–H groups in total. The number of hydrogen-bond acceptors (Lipinski definition) is 3. The molecule has 3 nitrogen and oxygen atoms in total. The smallest absolute Gasteiger partial charge is 0.343 e. The molecule has 0 aromatic heterocycles. The molecule has 0 spiro atoms. The topological polar surface area (TPSA) is 43.4 Å². The van der Waals surface area contributed by atoms with Crippen molar-refractivity contribution in [1.82, 2.24) is 0 Å². The summed E-state index contributed by atoms with van der Waals surface area (Å²) < 4.78 is 5.28. The number of carbonyl (C=O) groups is 2. The molecule has 2 aromatic carbocycles. The van der Waals surface area contributed by atoms with E-state index in [1.54, 1.807) is 36.4 Å². The quantitative estimate of drug-likeness (QED) is 0.485. The van der Waals surface area contributed by atoms with Crippen LogP contribution in [0.15, 0.2) is 48.5 Å². The van der Waals surface area contributed by atoms with Gasteiger partial charge in [0.1, 0.15) is 5.75 Å². The molecule has 21 heavy (non-hydrogen) atoms. The Morgan fingerprint density at radius 2 is 1.62 bits per heavy atom. The number of para-hydroxylation sites is 1. The van der Waals surface area contributed by atoms with Crippen LogP contribution in [-0.4, -0.2) is 12.3 Å². The van der Waals surface area contributed by atoms with Gasteiger partial charge in [0, 0.05) is 0 Å². The number of aldehydes is 1. The lowest BCUT2D eigenvalue weighted by Gasteiger charge is -2.18. The van der Waals surface area contributed by atoms with E-state index in [1.165, 1.54) is 0 Å². The second-order valence-corrected chi connectivity index (χ2v) is 5.87. The van der Waals surface area contributed by atoms with Gasteiger partial charge in [0.25, 0.3) is 0 Å². The normalized spacial score (nSPS) is 11.0. The van der Waals surface area contributed by atoms with E-state index in [-0.39, 0.29) is 11.2 Å². The van der Waals surface area contributed by atoms with Crippen LogP contribution >= 0.6 is 0 Å². The number of ether oxygens (including phenoxy) is 1. The van der Waals surface area contributed by atoms with Gasteiger partial charge in [-0.2, -0.15) is 0 Å². The molecule has 0 aliphatic carbocycles. The van der Waals surface area contributed by atoms with Crippen LogP contribution in [0.25, 0.3) is 0 Å². The molecule has 0 bridgehead atoms. The van der Waals surface area contributed by atoms with Crippen LogP contribution in [0.5, 0.6) is 5.75 Å². The van der Waals surface area contributed by atoms with Crippen molar-refractivity contribution in [2.75, 3.05) is 0 Å². The fraction of sp³-hybridized carbons (Fsp3) is 0.222. The van der Waals surface area contributed by atoms with Crippen LogP contribution in [0.2, 0.25) is 0 Å². The molecular formula is C18H18O3. The zero-order valence-corrected chi connectivity index (χ0v) is 12.4. The third kappa shape index (κ3) is 3.57. The molecule has 3 heteroatoms. The van der Waals surface area contributed by atoms with Gasteiger partial charge in [-0.15, -0.1) is 0 Å². The largest absolute Gasteiger partial charge is 0.422 e. The van der Waals surface area contributed by atoms with Crippen LogP contribution in [0.3, 0.4) is 0 Å². The highest BCUT2D eigenvalue weighted by atomic mass is 16.5. The molecule has 0 radical (unpaired) electrons. The minimum Gasteiger partial charge on any atom is -0.422 e. The monoisotopic (exact) mass is 282 g/mol. The summed E-state index contributed by atoms with van der Waals surface area (Å²) in [5.74, 6) is -0.192. The maximum Gasteiger partial charge on any atom is 0.343 e. The number of hydrogen-bond donors (Lipinski definition) is 0. The third-order valence-corrected chi connectivity index (χ3v) is 3.24. The number of benzene rings is 2. The van der Waals surface area contributed by atoms with E-state index in [1.807, 2.05) is 12.1 Å². The van der Waals surface area contributed by atoms with E-state index in [0.717, 1.165) is 5.56 Å². The van der Waals surface area contributed by atoms with Gasteiger partial charge in [-0.3, -0.25) is 4.79 Å². The highest BCUT2D eigenvalue weighted by Crippen LogP contribution is 2.23. The molecule has 0 unspecified atom stereocenters. The van der Waals surface area contributed by atoms with E-state index in [0.29, 0.717) is 17.4 Å². The molecule has 0 heterocycles. The SMILES string of the molecule is CC(C)(C)c1ccc(C(=O)Oc2ccccc2C=O)cc1. The molecule has 2 rings (SSSR count). The van der Waals surface area contributed by atoms with Crippen molar-refractivity contribution in [3.8, 4) is 5.75 Å². The van der Waals surface area contributed by atoms with Crippen molar-refractivity contribution >= 4 is 12.3 Å². The van der Waals surface area contributed by atoms with Crippen molar-refractivity contribution in [2.24, 2.45) is 0 Å². The predicted octanol–water partition coefficient (Wildman–Crippen LogP) is 4.02. The van der Waals surface area contributed by atoms with E-state index in [2.05, 4.69) is 20.8 Å². The number of rotatable bonds is 3. The molecule has 0 saturated heterocycles. The van der Waals surface area contributed by atoms with Crippen LogP contribution in [0.1, 0.15) is 47.1 Å². The first-order chi connectivity index (χ1) is 9.91. The molecule has 0 aliphatic rings. The van der Waals surface area contributed by atoms with Crippen LogP contribution in [0.4, 0.5) is 0 Å². The first-order valence-corrected chi connectivity index (χ1v) is 6.79. The standard InChI is InChI=1S/C18H18O3/c1-18(2,3)15-10-8-13(9-11-15)17(20)21-16-7-5-4-6-14(16)12-19/h4-12H,1-3H3. The summed E-state index contributed by atoms with van der Waals surface area (Å²) in [6, 6.07) is 14.0. The van der Waals surface area contributed by atoms with E-state index in [9.17, 15) is 9.59 Å². The summed E-state index contributed by atoms with van der Waals surface area (Å²) in [5.41, 5.74) is 2.00. The minimum atomic E-state index is -0.468. The molecule has 2 aromatic rings. The van der Waals surface area contributed by atoms with Gasteiger partial charge >= 0.3 is 5.97 Å². The Labute approximate surface area is 124 Å². The highest BCUT2D eigenvalue weighted by Gasteiger charge is 2.15. The highest BCUT2D eigenvalue weighted by molar-refractivity contribution is 5.92. The summed E-state index contributed by atoms with van der Waals surface area (Å²) in [4.78, 5) is 23.0. The first kappa shape index (κ1) is 15.0. The Morgan fingerprint density at radius 3 is 2.19 bits per heavy atom. The predicted molar refractivity (Wildman–Crippen MR) is 81.9 cm³/mol. The number of carbonyl (C=O) groups excluding carboxylic acids is 2. The molecule has 0 fully saturated rings. The van der Waals surface area contributed by atoms with Crippen LogP contribution in [0, 0.1) is 0 Å². The zero-order chi connectivity index (χ0) is 15.5. The molecule has 0 aliphatic heterocycles. The second-order valence-electron chi connectivity index (χ2n) is 5.87. The summed E-state index contributed by atoms with van der Waals surface area (Å²) in [6.07, 6.45) is 0.672. The van der Waals surface area contributed by atoms with Crippen LogP contribution in [-0.2, 0) is 5.41 Å². The van der Waals surface area contributed by atoms with Crippen LogP contribution < -0.4 is 4.74 Å². The summed E-state index contributed by atoms with van der Waals surface area (Å²) in [6.45, 7) is 6.34. The van der Waals surface area contributed by atoms with E-state index < -0.39 is 5.97 Å². The van der Waals surface area contributed by atoms with Crippen molar-refractivity contribution in [2.45, 2.75) is 26.2 Å². The van der Waals surface area contributed by atoms with Crippen molar-refractivity contribution in [3.05, 3.63) is 65.2 Å². The minimum absolute atomic E-state index is 0.0343. The Kier molecular flexibility index (Phi) is 4.22. The lowest BCUT2D eigenvalue weighted by atomic mass is 9.87. The average Bonchev–Trinajstić information content (AvgIpc) is 2.47. The van der Waals surface area contributed by atoms with Gasteiger partial charge < -0.3 is 4.74 Å². The van der Waals surface area contributed by atoms with Gasteiger partial charge in [0.2, 0.25) is 0 Å². The van der Waals surface area contributed by atoms with Crippen molar-refractivity contribution < 1.29 is 14.3 Å². The third-order valence-electron chi connectivity index (χ3n) is 3.24. The Hall–Kier alpha value is -2.42. The maximum absolute atomic E-state index is 12.1. The fourth-order valence-corrected chi connectivity index (χ4v) is 1.94. The fourth-order valence-electron chi connectivity index (χ4n) is 1.94. The lowest BCUT2D eigenvalue weighted by molar-refractivity contribution is 0.0733. The Balaban J connectivity index is 2.19. The number of esters is 1. The van der Waals surface area contributed by atoms with Crippen molar-refractivity contribution in [3.63, 3.8) is 0 Å². The van der Waals surface area contributed by atoms with E-state index in [4.69, 9.17) is 4.74 Å². The van der Waals surface area contributed by atoms with Gasteiger partial charge in [-0.25, -0.2) is 4.79 Å². The molecule has 0 atom stereocenters. The van der Waals surface area contributed by atoms with Gasteiger partial charge in [-0.1, -0.05) is 45.0 Å². The molecular weight excluding hydrogens is 264 g/mol. The molecule has 0 amide bonds. The first-order valence-electron chi connectivity index (χ1n) is 6.79. The summed E-state index contributed by atoms with van der Waals surface area (Å²) >= 11 is 0. The second kappa shape index (κ2) is 5.92. The van der Waals surface area contributed by atoms with Gasteiger partial charge in [0.15, 0.2) is 6.29 Å². The Morgan fingerprint density at radius 1 is 1.00 bits per heavy atom. The summed E-state index contributed by atoms with van der Waals surface area (Å²) in [5, 5.41) is 0. The molecule has 0 saturated carbocycles. The summed E-state index contributed by atoms with van der Waals surface area (Å²) in [7, 11) is 0. The Bertz CT molecular complexity index is 649. The molecule has 108 valence electrons. The maximum atomic E-state index is 12.1. The van der Waals surface area contributed by atoms with E-state index >= 15 is 0 Å².